The van der Waals surface area contributed by atoms with E-state index in [9.17, 15) is 13.5 Å². The summed E-state index contributed by atoms with van der Waals surface area (Å²) in [6.07, 6.45) is 0.00419. The number of aliphatic hydroxyl groups is 1. The van der Waals surface area contributed by atoms with Crippen molar-refractivity contribution in [3.8, 4) is 5.75 Å². The van der Waals surface area contributed by atoms with Crippen LogP contribution in [0.4, 0.5) is 0 Å². The molecule has 1 atom stereocenters. The van der Waals surface area contributed by atoms with Crippen molar-refractivity contribution >= 4 is 25.8 Å². The molecule has 118 valence electrons. The molecule has 0 amide bonds. The molecule has 0 spiro atoms. The monoisotopic (exact) mass is 384 g/mol. The van der Waals surface area contributed by atoms with Crippen LogP contribution in [-0.2, 0) is 16.4 Å². The SMILES string of the molecule is CS(=O)(=O)CC(O)c1cc(OCc2ccccc2)ccc1Br. The fourth-order valence-corrected chi connectivity index (χ4v) is 3.25. The highest BCUT2D eigenvalue weighted by molar-refractivity contribution is 9.10. The minimum Gasteiger partial charge on any atom is -0.489 e. The molecule has 2 aromatic carbocycles. The van der Waals surface area contributed by atoms with Gasteiger partial charge in [0.1, 0.15) is 22.2 Å². The van der Waals surface area contributed by atoms with Gasteiger partial charge in [-0.2, -0.15) is 0 Å². The Labute approximate surface area is 138 Å². The largest absolute Gasteiger partial charge is 0.489 e. The molecule has 0 aliphatic carbocycles. The van der Waals surface area contributed by atoms with Crippen molar-refractivity contribution in [1.82, 2.24) is 0 Å². The van der Waals surface area contributed by atoms with Crippen LogP contribution in [0.15, 0.2) is 53.0 Å². The van der Waals surface area contributed by atoms with Crippen molar-refractivity contribution in [2.75, 3.05) is 12.0 Å². The van der Waals surface area contributed by atoms with Gasteiger partial charge in [0.05, 0.1) is 11.9 Å². The van der Waals surface area contributed by atoms with Gasteiger partial charge in [-0.1, -0.05) is 46.3 Å². The van der Waals surface area contributed by atoms with E-state index in [0.29, 0.717) is 22.4 Å². The Morgan fingerprint density at radius 2 is 1.86 bits per heavy atom. The van der Waals surface area contributed by atoms with Gasteiger partial charge in [0.2, 0.25) is 0 Å². The third-order valence-electron chi connectivity index (χ3n) is 3.04. The maximum absolute atomic E-state index is 11.3. The lowest BCUT2D eigenvalue weighted by atomic mass is 10.1. The van der Waals surface area contributed by atoms with E-state index in [1.54, 1.807) is 18.2 Å². The zero-order chi connectivity index (χ0) is 16.2. The standard InChI is InChI=1S/C16H17BrO4S/c1-22(19,20)11-16(18)14-9-13(7-8-15(14)17)21-10-12-5-3-2-4-6-12/h2-9,16,18H,10-11H2,1H3. The lowest BCUT2D eigenvalue weighted by Gasteiger charge is -2.14. The topological polar surface area (TPSA) is 63.6 Å². The van der Waals surface area contributed by atoms with E-state index in [2.05, 4.69) is 15.9 Å². The lowest BCUT2D eigenvalue weighted by molar-refractivity contribution is 0.200. The zero-order valence-electron chi connectivity index (χ0n) is 12.1. The van der Waals surface area contributed by atoms with Crippen LogP contribution >= 0.6 is 15.9 Å². The Balaban J connectivity index is 2.12. The molecular weight excluding hydrogens is 368 g/mol. The summed E-state index contributed by atoms with van der Waals surface area (Å²) in [6, 6.07) is 14.9. The summed E-state index contributed by atoms with van der Waals surface area (Å²) in [5.74, 6) is 0.253. The third-order valence-corrected chi connectivity index (χ3v) is 4.68. The van der Waals surface area contributed by atoms with Gasteiger partial charge < -0.3 is 9.84 Å². The van der Waals surface area contributed by atoms with Gasteiger partial charge in [-0.25, -0.2) is 8.42 Å². The van der Waals surface area contributed by atoms with E-state index in [4.69, 9.17) is 4.74 Å². The molecule has 0 radical (unpaired) electrons. The van der Waals surface area contributed by atoms with Crippen LogP contribution in [-0.4, -0.2) is 25.5 Å². The van der Waals surface area contributed by atoms with Crippen LogP contribution in [0.5, 0.6) is 5.75 Å². The van der Waals surface area contributed by atoms with Gasteiger partial charge in [-0.15, -0.1) is 0 Å². The fourth-order valence-electron chi connectivity index (χ4n) is 1.98. The van der Waals surface area contributed by atoms with E-state index >= 15 is 0 Å². The lowest BCUT2D eigenvalue weighted by Crippen LogP contribution is -2.13. The first-order chi connectivity index (χ1) is 10.3. The van der Waals surface area contributed by atoms with Crippen molar-refractivity contribution in [2.45, 2.75) is 12.7 Å². The molecule has 6 heteroatoms. The molecule has 0 heterocycles. The van der Waals surface area contributed by atoms with Crippen LogP contribution in [0, 0.1) is 0 Å². The average Bonchev–Trinajstić information content (AvgIpc) is 2.45. The minimum absolute atomic E-state index is 0.326. The smallest absolute Gasteiger partial charge is 0.150 e. The summed E-state index contributed by atoms with van der Waals surface area (Å²) in [4.78, 5) is 0. The van der Waals surface area contributed by atoms with E-state index in [1.807, 2.05) is 30.3 Å². The molecule has 0 fully saturated rings. The first kappa shape index (κ1) is 17.0. The van der Waals surface area contributed by atoms with Crippen molar-refractivity contribution in [3.63, 3.8) is 0 Å². The fraction of sp³-hybridized carbons (Fsp3) is 0.250. The maximum Gasteiger partial charge on any atom is 0.150 e. The molecule has 1 N–H and O–H groups in total. The van der Waals surface area contributed by atoms with Crippen LogP contribution in [0.1, 0.15) is 17.2 Å². The number of aliphatic hydroxyl groups excluding tert-OH is 1. The van der Waals surface area contributed by atoms with Crippen LogP contribution < -0.4 is 4.74 Å². The Bertz CT molecular complexity index is 729. The number of halogens is 1. The zero-order valence-corrected chi connectivity index (χ0v) is 14.5. The number of benzene rings is 2. The highest BCUT2D eigenvalue weighted by Crippen LogP contribution is 2.29. The Morgan fingerprint density at radius 3 is 2.50 bits per heavy atom. The Kier molecular flexibility index (Phi) is 5.61. The molecule has 1 unspecified atom stereocenters. The van der Waals surface area contributed by atoms with Crippen molar-refractivity contribution < 1.29 is 18.3 Å². The molecule has 2 aromatic rings. The van der Waals surface area contributed by atoms with Crippen LogP contribution in [0.3, 0.4) is 0 Å². The number of hydrogen-bond donors (Lipinski definition) is 1. The molecule has 0 aromatic heterocycles. The second-order valence-electron chi connectivity index (χ2n) is 5.07. The molecule has 4 nitrogen and oxygen atoms in total. The summed E-state index contributed by atoms with van der Waals surface area (Å²) < 4.78 is 29.0. The Hall–Kier alpha value is -1.37. The molecule has 0 aliphatic heterocycles. The molecule has 0 bridgehead atoms. The maximum atomic E-state index is 11.3. The van der Waals surface area contributed by atoms with E-state index in [-0.39, 0.29) is 5.75 Å². The number of hydrogen-bond acceptors (Lipinski definition) is 4. The van der Waals surface area contributed by atoms with Crippen molar-refractivity contribution in [3.05, 3.63) is 64.1 Å². The number of ether oxygens (including phenoxy) is 1. The van der Waals surface area contributed by atoms with Crippen LogP contribution in [0.2, 0.25) is 0 Å². The van der Waals surface area contributed by atoms with E-state index in [1.165, 1.54) is 0 Å². The Morgan fingerprint density at radius 1 is 1.18 bits per heavy atom. The van der Waals surface area contributed by atoms with Gasteiger partial charge >= 0.3 is 0 Å². The predicted octanol–water partition coefficient (Wildman–Crippen LogP) is 3.11. The van der Waals surface area contributed by atoms with E-state index in [0.717, 1.165) is 11.8 Å². The summed E-state index contributed by atoms with van der Waals surface area (Å²) in [5.41, 5.74) is 1.53. The summed E-state index contributed by atoms with van der Waals surface area (Å²) in [5, 5.41) is 10.1. The number of rotatable bonds is 6. The molecular formula is C16H17BrO4S. The van der Waals surface area contributed by atoms with Gasteiger partial charge in [0, 0.05) is 10.7 Å². The van der Waals surface area contributed by atoms with E-state index < -0.39 is 15.9 Å². The molecule has 22 heavy (non-hydrogen) atoms. The summed E-state index contributed by atoms with van der Waals surface area (Å²) >= 11 is 3.32. The minimum atomic E-state index is -3.27. The second-order valence-corrected chi connectivity index (χ2v) is 8.10. The third kappa shape index (κ3) is 5.12. The molecule has 0 saturated heterocycles. The van der Waals surface area contributed by atoms with Crippen molar-refractivity contribution in [1.29, 1.82) is 0 Å². The molecule has 0 saturated carbocycles. The van der Waals surface area contributed by atoms with Gasteiger partial charge in [0.15, 0.2) is 0 Å². The van der Waals surface area contributed by atoms with Gasteiger partial charge in [0.25, 0.3) is 0 Å². The van der Waals surface area contributed by atoms with Gasteiger partial charge in [-0.3, -0.25) is 0 Å². The van der Waals surface area contributed by atoms with Crippen LogP contribution in [0.25, 0.3) is 0 Å². The molecule has 0 aliphatic rings. The molecule has 2 rings (SSSR count). The normalized spacial score (nSPS) is 12.9. The summed E-state index contributed by atoms with van der Waals surface area (Å²) in [6.45, 7) is 0.407. The van der Waals surface area contributed by atoms with Crippen molar-refractivity contribution in [2.24, 2.45) is 0 Å². The second kappa shape index (κ2) is 7.26. The first-order valence-corrected chi connectivity index (χ1v) is 9.52. The predicted molar refractivity (Wildman–Crippen MR) is 89.6 cm³/mol. The highest BCUT2D eigenvalue weighted by Gasteiger charge is 2.17. The number of sulfone groups is 1. The first-order valence-electron chi connectivity index (χ1n) is 6.67. The highest BCUT2D eigenvalue weighted by atomic mass is 79.9. The quantitative estimate of drug-likeness (QED) is 0.830. The summed E-state index contributed by atoms with van der Waals surface area (Å²) in [7, 11) is -3.27. The van der Waals surface area contributed by atoms with Gasteiger partial charge in [-0.05, 0) is 29.3 Å². The average molecular weight is 385 g/mol.